The molecule has 0 fully saturated rings. The summed E-state index contributed by atoms with van der Waals surface area (Å²) in [4.78, 5) is 4.70. The van der Waals surface area contributed by atoms with Gasteiger partial charge in [0, 0.05) is 48.5 Å². The molecule has 0 aliphatic carbocycles. The van der Waals surface area contributed by atoms with Gasteiger partial charge >= 0.3 is 0 Å². The molecule has 0 aliphatic rings. The number of hydrogen-bond donors (Lipinski definition) is 0. The third-order valence-electron chi connectivity index (χ3n) is 14.4. The van der Waals surface area contributed by atoms with E-state index >= 15 is 0 Å². The lowest BCUT2D eigenvalue weighted by Crippen LogP contribution is -2.14. The molecule has 15 rings (SSSR count). The molecular formula is C62H34N6O. The van der Waals surface area contributed by atoms with E-state index in [0.717, 1.165) is 115 Å². The molecule has 5 heterocycles. The fraction of sp³-hybridized carbons (Fsp3) is 0. The van der Waals surface area contributed by atoms with Gasteiger partial charge < -0.3 is 22.7 Å². The number of hydrogen-bond acceptors (Lipinski definition) is 2. The summed E-state index contributed by atoms with van der Waals surface area (Å²) in [5, 5.41) is 22.7. The summed E-state index contributed by atoms with van der Waals surface area (Å²) in [5.41, 5.74) is 12.2. The van der Waals surface area contributed by atoms with Crippen LogP contribution in [0.25, 0.3) is 137 Å². The fourth-order valence-electron chi connectivity index (χ4n) is 11.7. The molecule has 0 atom stereocenters. The monoisotopic (exact) mass is 878 g/mol. The average Bonchev–Trinajstić information content (AvgIpc) is 4.21. The van der Waals surface area contributed by atoms with Crippen LogP contribution in [0.3, 0.4) is 0 Å². The van der Waals surface area contributed by atoms with Crippen molar-refractivity contribution in [2.45, 2.75) is 0 Å². The van der Waals surface area contributed by atoms with Gasteiger partial charge in [-0.05, 0) is 60.7 Å². The molecule has 10 aromatic carbocycles. The van der Waals surface area contributed by atoms with E-state index in [1.807, 2.05) is 30.3 Å². The van der Waals surface area contributed by atoms with Gasteiger partial charge in [-0.3, -0.25) is 0 Å². The van der Waals surface area contributed by atoms with E-state index in [1.54, 1.807) is 0 Å². The molecule has 0 saturated carbocycles. The zero-order valence-corrected chi connectivity index (χ0v) is 36.7. The molecule has 0 radical (unpaired) electrons. The van der Waals surface area contributed by atoms with Gasteiger partial charge in [0.05, 0.1) is 84.4 Å². The summed E-state index contributed by atoms with van der Waals surface area (Å²) in [5.74, 6) is 0. The van der Waals surface area contributed by atoms with Gasteiger partial charge in [0.1, 0.15) is 17.2 Å². The predicted molar refractivity (Wildman–Crippen MR) is 282 cm³/mol. The van der Waals surface area contributed by atoms with Gasteiger partial charge in [-0.2, -0.15) is 5.26 Å². The Morgan fingerprint density at radius 2 is 0.710 bits per heavy atom. The Labute approximate surface area is 393 Å². The van der Waals surface area contributed by atoms with Crippen LogP contribution in [0.15, 0.2) is 211 Å². The number of nitriles is 1. The SMILES string of the molecule is [C-]#[N+]c1c(-n2c3ccccc3c3ccccc32)c(-n2c3ccccc3c3ccccc32)c(-n2c3ccccc3c3ccccc32)c(C#N)c1-n1c2ccccc2c2c3oc4ccccc4c3ccc21. The molecule has 69 heavy (non-hydrogen) atoms. The van der Waals surface area contributed by atoms with Crippen LogP contribution in [0.2, 0.25) is 0 Å². The summed E-state index contributed by atoms with van der Waals surface area (Å²) < 4.78 is 15.8. The molecule has 0 N–H and O–H groups in total. The number of benzene rings is 10. The summed E-state index contributed by atoms with van der Waals surface area (Å²) in [6.07, 6.45) is 0. The first-order valence-corrected chi connectivity index (χ1v) is 23.0. The summed E-state index contributed by atoms with van der Waals surface area (Å²) in [6.45, 7) is 9.65. The Kier molecular flexibility index (Phi) is 7.51. The minimum atomic E-state index is 0.340. The second-order valence-corrected chi connectivity index (χ2v) is 17.7. The van der Waals surface area contributed by atoms with Gasteiger partial charge in [-0.25, -0.2) is 4.85 Å². The zero-order chi connectivity index (χ0) is 45.5. The number of furan rings is 1. The highest BCUT2D eigenvalue weighted by Crippen LogP contribution is 2.52. The van der Waals surface area contributed by atoms with Gasteiger partial charge in [-0.15, -0.1) is 0 Å². The van der Waals surface area contributed by atoms with Crippen molar-refractivity contribution >= 4 is 115 Å². The molecule has 15 aromatic rings. The number of nitrogens with zero attached hydrogens (tertiary/aromatic N) is 6. The van der Waals surface area contributed by atoms with Gasteiger partial charge in [0.25, 0.3) is 0 Å². The summed E-state index contributed by atoms with van der Waals surface area (Å²) in [7, 11) is 0. The number of aromatic nitrogens is 4. The predicted octanol–water partition coefficient (Wildman–Crippen LogP) is 16.4. The maximum Gasteiger partial charge on any atom is 0.237 e. The first-order valence-electron chi connectivity index (χ1n) is 23.0. The van der Waals surface area contributed by atoms with Crippen molar-refractivity contribution in [1.82, 2.24) is 18.3 Å². The zero-order valence-electron chi connectivity index (χ0n) is 36.7. The molecule has 0 aliphatic heterocycles. The number of rotatable bonds is 4. The van der Waals surface area contributed by atoms with Crippen LogP contribution in [0.1, 0.15) is 5.56 Å². The largest absolute Gasteiger partial charge is 0.455 e. The summed E-state index contributed by atoms with van der Waals surface area (Å²) in [6, 6.07) is 74.3. The first kappa shape index (κ1) is 37.4. The number of para-hydroxylation sites is 8. The van der Waals surface area contributed by atoms with E-state index < -0.39 is 0 Å². The third kappa shape index (κ3) is 4.82. The highest BCUT2D eigenvalue weighted by molar-refractivity contribution is 6.25. The van der Waals surface area contributed by atoms with Crippen molar-refractivity contribution in [3.63, 3.8) is 0 Å². The molecule has 0 bridgehead atoms. The quantitative estimate of drug-likeness (QED) is 0.165. The van der Waals surface area contributed by atoms with Crippen LogP contribution in [0, 0.1) is 17.9 Å². The Bertz CT molecular complexity index is 4510. The molecule has 0 spiro atoms. The van der Waals surface area contributed by atoms with E-state index in [9.17, 15) is 11.8 Å². The smallest absolute Gasteiger partial charge is 0.237 e. The van der Waals surface area contributed by atoms with E-state index in [-0.39, 0.29) is 0 Å². The van der Waals surface area contributed by atoms with Crippen LogP contribution < -0.4 is 0 Å². The Morgan fingerprint density at radius 1 is 0.348 bits per heavy atom. The Balaban J connectivity index is 1.27. The Hall–Kier alpha value is -9.82. The van der Waals surface area contributed by atoms with E-state index in [1.165, 1.54) is 0 Å². The standard InChI is InChI=1S/C62H34N6O/c1-64-57-58(68-53-32-16-8-25-45(53)56-54(68)35-34-44-43-24-9-17-33-55(43)69-62(44)56)46(36-63)59(65-47-26-10-2-18-37(47)38-19-3-11-27-48(38)65)61(67-51-30-14-6-22-41(51)42-23-7-15-31-52(42)67)60(57)66-49-28-12-4-20-39(49)40-21-5-13-29-50(40)66/h2-35H. The third-order valence-corrected chi connectivity index (χ3v) is 14.4. The molecule has 7 heteroatoms. The summed E-state index contributed by atoms with van der Waals surface area (Å²) >= 11 is 0. The molecule has 5 aromatic heterocycles. The van der Waals surface area contributed by atoms with Crippen molar-refractivity contribution in [3.05, 3.63) is 223 Å². The van der Waals surface area contributed by atoms with Crippen LogP contribution in [-0.4, -0.2) is 18.3 Å². The van der Waals surface area contributed by atoms with Crippen LogP contribution >= 0.6 is 0 Å². The van der Waals surface area contributed by atoms with Crippen molar-refractivity contribution < 1.29 is 4.42 Å². The maximum atomic E-state index is 12.4. The highest BCUT2D eigenvalue weighted by atomic mass is 16.3. The van der Waals surface area contributed by atoms with Crippen LogP contribution in [-0.2, 0) is 0 Å². The molecule has 0 saturated heterocycles. The van der Waals surface area contributed by atoms with Gasteiger partial charge in [0.15, 0.2) is 0 Å². The molecule has 0 amide bonds. The van der Waals surface area contributed by atoms with Crippen molar-refractivity contribution in [3.8, 4) is 28.8 Å². The van der Waals surface area contributed by atoms with E-state index in [0.29, 0.717) is 28.3 Å². The van der Waals surface area contributed by atoms with Crippen LogP contribution in [0.5, 0.6) is 0 Å². The maximum absolute atomic E-state index is 12.4. The lowest BCUT2D eigenvalue weighted by atomic mass is 10.0. The van der Waals surface area contributed by atoms with Gasteiger partial charge in [-0.1, -0.05) is 146 Å². The second kappa shape index (κ2) is 13.9. The lowest BCUT2D eigenvalue weighted by Gasteiger charge is -2.27. The Morgan fingerprint density at radius 3 is 1.16 bits per heavy atom. The van der Waals surface area contributed by atoms with Gasteiger partial charge in [0.2, 0.25) is 5.69 Å². The molecule has 318 valence electrons. The number of fused-ring (bicyclic) bond motifs is 16. The molecule has 7 nitrogen and oxygen atoms in total. The normalized spacial score (nSPS) is 12.0. The fourth-order valence-corrected chi connectivity index (χ4v) is 11.7. The van der Waals surface area contributed by atoms with Crippen molar-refractivity contribution in [2.75, 3.05) is 0 Å². The molecular weight excluding hydrogens is 845 g/mol. The minimum Gasteiger partial charge on any atom is -0.455 e. The second-order valence-electron chi connectivity index (χ2n) is 17.7. The highest BCUT2D eigenvalue weighted by Gasteiger charge is 2.35. The minimum absolute atomic E-state index is 0.340. The van der Waals surface area contributed by atoms with E-state index in [4.69, 9.17) is 9.26 Å². The van der Waals surface area contributed by atoms with Crippen molar-refractivity contribution in [2.24, 2.45) is 0 Å². The van der Waals surface area contributed by atoms with E-state index in [2.05, 4.69) is 200 Å². The van der Waals surface area contributed by atoms with Crippen LogP contribution in [0.4, 0.5) is 5.69 Å². The van der Waals surface area contributed by atoms with Crippen molar-refractivity contribution in [1.29, 1.82) is 5.26 Å². The topological polar surface area (TPSA) is 61.0 Å². The first-order chi connectivity index (χ1) is 34.2. The molecule has 0 unspecified atom stereocenters. The average molecular weight is 879 g/mol. The lowest BCUT2D eigenvalue weighted by molar-refractivity contribution is 0.673.